The van der Waals surface area contributed by atoms with Crippen molar-refractivity contribution in [3.05, 3.63) is 34.3 Å². The zero-order chi connectivity index (χ0) is 14.5. The van der Waals surface area contributed by atoms with Crippen LogP contribution in [-0.2, 0) is 4.79 Å². The molecule has 0 unspecified atom stereocenters. The quantitative estimate of drug-likeness (QED) is 0.912. The third-order valence-corrected chi connectivity index (χ3v) is 4.71. The van der Waals surface area contributed by atoms with Crippen LogP contribution in [0.2, 0.25) is 0 Å². The molecule has 1 aromatic rings. The van der Waals surface area contributed by atoms with Crippen molar-refractivity contribution in [1.82, 2.24) is 10.2 Å². The van der Waals surface area contributed by atoms with Crippen LogP contribution in [0.3, 0.4) is 0 Å². The lowest BCUT2D eigenvalue weighted by atomic mass is 9.99. The summed E-state index contributed by atoms with van der Waals surface area (Å²) in [6.45, 7) is 6.90. The number of piperidine rings is 1. The van der Waals surface area contributed by atoms with Gasteiger partial charge in [0.1, 0.15) is 0 Å². The Bertz CT molecular complexity index is 456. The molecule has 0 spiro atoms. The fourth-order valence-electron chi connectivity index (χ4n) is 2.61. The SMILES string of the molecule is CC1CCN(CC(=O)N[C@H](C)c2ccccc2Br)CC1. The Balaban J connectivity index is 1.84. The van der Waals surface area contributed by atoms with E-state index >= 15 is 0 Å². The Morgan fingerprint density at radius 2 is 2.05 bits per heavy atom. The molecule has 1 heterocycles. The van der Waals surface area contributed by atoms with E-state index in [1.807, 2.05) is 31.2 Å². The highest BCUT2D eigenvalue weighted by Crippen LogP contribution is 2.22. The van der Waals surface area contributed by atoms with Crippen LogP contribution < -0.4 is 5.32 Å². The molecule has 1 N–H and O–H groups in total. The number of rotatable bonds is 4. The summed E-state index contributed by atoms with van der Waals surface area (Å²) < 4.78 is 1.04. The number of amides is 1. The summed E-state index contributed by atoms with van der Waals surface area (Å²) >= 11 is 3.53. The molecule has 0 aromatic heterocycles. The highest BCUT2D eigenvalue weighted by atomic mass is 79.9. The Kier molecular flexibility index (Phi) is 5.61. The van der Waals surface area contributed by atoms with E-state index in [1.165, 1.54) is 12.8 Å². The van der Waals surface area contributed by atoms with Crippen molar-refractivity contribution < 1.29 is 4.79 Å². The van der Waals surface area contributed by atoms with Crippen LogP contribution in [0.25, 0.3) is 0 Å². The van der Waals surface area contributed by atoms with Crippen molar-refractivity contribution in [1.29, 1.82) is 0 Å². The van der Waals surface area contributed by atoms with Crippen LogP contribution in [0.15, 0.2) is 28.7 Å². The fourth-order valence-corrected chi connectivity index (χ4v) is 3.24. The summed E-state index contributed by atoms with van der Waals surface area (Å²) in [7, 11) is 0. The second kappa shape index (κ2) is 7.23. The van der Waals surface area contributed by atoms with Crippen LogP contribution in [0.1, 0.15) is 38.3 Å². The van der Waals surface area contributed by atoms with Crippen molar-refractivity contribution in [2.45, 2.75) is 32.7 Å². The van der Waals surface area contributed by atoms with Gasteiger partial charge in [0, 0.05) is 4.47 Å². The standard InChI is InChI=1S/C16H23BrN2O/c1-12-7-9-19(10-8-12)11-16(20)18-13(2)14-5-3-4-6-15(14)17/h3-6,12-13H,7-11H2,1-2H3,(H,18,20)/t13-/m1/s1. The molecule has 1 amide bonds. The molecule has 1 atom stereocenters. The number of hydrogen-bond acceptors (Lipinski definition) is 2. The number of hydrogen-bond donors (Lipinski definition) is 1. The Morgan fingerprint density at radius 3 is 2.70 bits per heavy atom. The first-order valence-corrected chi connectivity index (χ1v) is 8.11. The molecule has 110 valence electrons. The summed E-state index contributed by atoms with van der Waals surface area (Å²) in [5, 5.41) is 3.08. The Hall–Kier alpha value is -0.870. The fraction of sp³-hybridized carbons (Fsp3) is 0.562. The molecule has 0 bridgehead atoms. The topological polar surface area (TPSA) is 32.3 Å². The van der Waals surface area contributed by atoms with Gasteiger partial charge in [0.2, 0.25) is 5.91 Å². The maximum absolute atomic E-state index is 12.1. The monoisotopic (exact) mass is 338 g/mol. The Morgan fingerprint density at radius 1 is 1.40 bits per heavy atom. The molecule has 0 aliphatic carbocycles. The highest BCUT2D eigenvalue weighted by molar-refractivity contribution is 9.10. The maximum Gasteiger partial charge on any atom is 0.234 e. The summed E-state index contributed by atoms with van der Waals surface area (Å²) in [6, 6.07) is 8.05. The van der Waals surface area contributed by atoms with Gasteiger partial charge in [-0.3, -0.25) is 9.69 Å². The van der Waals surface area contributed by atoms with E-state index in [-0.39, 0.29) is 11.9 Å². The summed E-state index contributed by atoms with van der Waals surface area (Å²) in [6.07, 6.45) is 2.40. The molecule has 1 aromatic carbocycles. The molecule has 4 heteroatoms. The first-order valence-electron chi connectivity index (χ1n) is 7.32. The van der Waals surface area contributed by atoms with Gasteiger partial charge in [-0.2, -0.15) is 0 Å². The van der Waals surface area contributed by atoms with Crippen LogP contribution in [0.4, 0.5) is 0 Å². The second-order valence-electron chi connectivity index (χ2n) is 5.77. The largest absolute Gasteiger partial charge is 0.348 e. The zero-order valence-electron chi connectivity index (χ0n) is 12.2. The van der Waals surface area contributed by atoms with Crippen LogP contribution in [-0.4, -0.2) is 30.4 Å². The minimum absolute atomic E-state index is 0.0294. The summed E-state index contributed by atoms with van der Waals surface area (Å²) in [5.74, 6) is 0.913. The van der Waals surface area contributed by atoms with Crippen LogP contribution in [0.5, 0.6) is 0 Å². The van der Waals surface area contributed by atoms with E-state index in [9.17, 15) is 4.79 Å². The van der Waals surface area contributed by atoms with E-state index in [0.717, 1.165) is 29.0 Å². The molecule has 3 nitrogen and oxygen atoms in total. The predicted molar refractivity (Wildman–Crippen MR) is 85.5 cm³/mol. The van der Waals surface area contributed by atoms with Crippen molar-refractivity contribution >= 4 is 21.8 Å². The Labute approximate surface area is 129 Å². The zero-order valence-corrected chi connectivity index (χ0v) is 13.8. The van der Waals surface area contributed by atoms with E-state index in [0.29, 0.717) is 6.54 Å². The average Bonchev–Trinajstić information content (AvgIpc) is 2.41. The van der Waals surface area contributed by atoms with Gasteiger partial charge in [0.25, 0.3) is 0 Å². The van der Waals surface area contributed by atoms with E-state index in [4.69, 9.17) is 0 Å². The van der Waals surface area contributed by atoms with Gasteiger partial charge in [-0.1, -0.05) is 41.1 Å². The third kappa shape index (κ3) is 4.32. The minimum Gasteiger partial charge on any atom is -0.348 e. The number of carbonyl (C=O) groups is 1. The van der Waals surface area contributed by atoms with Gasteiger partial charge < -0.3 is 5.32 Å². The molecule has 1 saturated heterocycles. The number of halogens is 1. The van der Waals surface area contributed by atoms with Crippen molar-refractivity contribution in [2.24, 2.45) is 5.92 Å². The van der Waals surface area contributed by atoms with Crippen LogP contribution in [0, 0.1) is 5.92 Å². The number of benzene rings is 1. The lowest BCUT2D eigenvalue weighted by Gasteiger charge is -2.30. The van der Waals surface area contributed by atoms with Crippen molar-refractivity contribution in [3.8, 4) is 0 Å². The van der Waals surface area contributed by atoms with Gasteiger partial charge in [0.05, 0.1) is 12.6 Å². The molecule has 1 fully saturated rings. The summed E-state index contributed by atoms with van der Waals surface area (Å²) in [4.78, 5) is 14.4. The number of nitrogens with zero attached hydrogens (tertiary/aromatic N) is 1. The lowest BCUT2D eigenvalue weighted by molar-refractivity contribution is -0.123. The van der Waals surface area contributed by atoms with Gasteiger partial charge in [-0.25, -0.2) is 0 Å². The molecule has 1 aliphatic heterocycles. The average molecular weight is 339 g/mol. The number of nitrogens with one attached hydrogen (secondary N) is 1. The van der Waals surface area contributed by atoms with E-state index < -0.39 is 0 Å². The molecule has 0 saturated carbocycles. The van der Waals surface area contributed by atoms with Gasteiger partial charge in [0.15, 0.2) is 0 Å². The van der Waals surface area contributed by atoms with Crippen LogP contribution >= 0.6 is 15.9 Å². The lowest BCUT2D eigenvalue weighted by Crippen LogP contribution is -2.41. The minimum atomic E-state index is 0.0294. The van der Waals surface area contributed by atoms with Crippen molar-refractivity contribution in [3.63, 3.8) is 0 Å². The summed E-state index contributed by atoms with van der Waals surface area (Å²) in [5.41, 5.74) is 1.12. The number of likely N-dealkylation sites (tertiary alicyclic amines) is 1. The second-order valence-corrected chi connectivity index (χ2v) is 6.62. The maximum atomic E-state index is 12.1. The molecule has 0 radical (unpaired) electrons. The van der Waals surface area contributed by atoms with E-state index in [2.05, 4.69) is 33.1 Å². The smallest absolute Gasteiger partial charge is 0.234 e. The highest BCUT2D eigenvalue weighted by Gasteiger charge is 2.19. The molecule has 2 rings (SSSR count). The van der Waals surface area contributed by atoms with Crippen molar-refractivity contribution in [2.75, 3.05) is 19.6 Å². The molecular weight excluding hydrogens is 316 g/mol. The normalized spacial score (nSPS) is 18.8. The first-order chi connectivity index (χ1) is 9.56. The van der Waals surface area contributed by atoms with Gasteiger partial charge in [-0.05, 0) is 50.4 Å². The molecule has 20 heavy (non-hydrogen) atoms. The molecule has 1 aliphatic rings. The van der Waals surface area contributed by atoms with Gasteiger partial charge in [-0.15, -0.1) is 0 Å². The number of carbonyl (C=O) groups excluding carboxylic acids is 1. The molecular formula is C16H23BrN2O. The van der Waals surface area contributed by atoms with E-state index in [1.54, 1.807) is 0 Å². The van der Waals surface area contributed by atoms with Gasteiger partial charge >= 0.3 is 0 Å². The third-order valence-electron chi connectivity index (χ3n) is 3.99. The predicted octanol–water partition coefficient (Wildman–Crippen LogP) is 3.36. The first kappa shape index (κ1) is 15.5.